The van der Waals surface area contributed by atoms with E-state index < -0.39 is 0 Å². The SMILES string of the molecule is CCCCCCCCCCCCCNC(=S)S.O.[Mo]. The average Bonchev–Trinajstić information content (AvgIpc) is 2.30. The second-order valence-electron chi connectivity index (χ2n) is 4.77. The monoisotopic (exact) mass is 391 g/mol. The first-order valence-electron chi connectivity index (χ1n) is 7.24. The van der Waals surface area contributed by atoms with Crippen molar-refractivity contribution in [2.75, 3.05) is 6.54 Å². The van der Waals surface area contributed by atoms with Crippen LogP contribution in [0.1, 0.15) is 77.6 Å². The van der Waals surface area contributed by atoms with Crippen molar-refractivity contribution in [3.05, 3.63) is 0 Å². The van der Waals surface area contributed by atoms with Gasteiger partial charge in [-0.25, -0.2) is 0 Å². The second kappa shape index (κ2) is 21.2. The topological polar surface area (TPSA) is 43.5 Å². The summed E-state index contributed by atoms with van der Waals surface area (Å²) in [6, 6.07) is 0. The van der Waals surface area contributed by atoms with Crippen LogP contribution in [0.25, 0.3) is 0 Å². The normalized spacial score (nSPS) is 9.37. The van der Waals surface area contributed by atoms with Gasteiger partial charge in [-0.2, -0.15) is 0 Å². The van der Waals surface area contributed by atoms with Crippen LogP contribution in [0.4, 0.5) is 0 Å². The maximum atomic E-state index is 4.83. The molecule has 0 fully saturated rings. The van der Waals surface area contributed by atoms with E-state index in [9.17, 15) is 0 Å². The first kappa shape index (κ1) is 24.9. The van der Waals surface area contributed by atoms with E-state index in [1.807, 2.05) is 0 Å². The number of hydrogen-bond donors (Lipinski definition) is 2. The molecule has 0 aromatic carbocycles. The third-order valence-corrected chi connectivity index (χ3v) is 3.36. The molecule has 0 saturated heterocycles. The third kappa shape index (κ3) is 24.3. The van der Waals surface area contributed by atoms with Gasteiger partial charge in [0, 0.05) is 27.6 Å². The van der Waals surface area contributed by atoms with Gasteiger partial charge in [0.05, 0.1) is 0 Å². The summed E-state index contributed by atoms with van der Waals surface area (Å²) in [6.07, 6.45) is 15.3. The zero-order chi connectivity index (χ0) is 12.8. The van der Waals surface area contributed by atoms with Crippen molar-refractivity contribution in [2.24, 2.45) is 0 Å². The maximum absolute atomic E-state index is 4.83. The van der Waals surface area contributed by atoms with Crippen molar-refractivity contribution < 1.29 is 26.5 Å². The molecule has 0 unspecified atom stereocenters. The van der Waals surface area contributed by atoms with E-state index in [1.165, 1.54) is 70.6 Å². The molecule has 0 rings (SSSR count). The smallest absolute Gasteiger partial charge is 0.130 e. The quantitative estimate of drug-likeness (QED) is 0.227. The summed E-state index contributed by atoms with van der Waals surface area (Å²) < 4.78 is 0.622. The van der Waals surface area contributed by atoms with Gasteiger partial charge in [0.25, 0.3) is 0 Å². The summed E-state index contributed by atoms with van der Waals surface area (Å²) in [6.45, 7) is 3.26. The van der Waals surface area contributed by atoms with Crippen LogP contribution < -0.4 is 5.32 Å². The van der Waals surface area contributed by atoms with E-state index in [0.717, 1.165) is 6.54 Å². The molecule has 0 heterocycles. The van der Waals surface area contributed by atoms with Gasteiger partial charge >= 0.3 is 0 Å². The Kier molecular flexibility index (Phi) is 27.7. The van der Waals surface area contributed by atoms with Crippen LogP contribution in [0.5, 0.6) is 0 Å². The van der Waals surface area contributed by atoms with E-state index >= 15 is 0 Å². The van der Waals surface area contributed by atoms with Crippen molar-refractivity contribution in [3.63, 3.8) is 0 Å². The number of thiol groups is 1. The number of rotatable bonds is 12. The Balaban J connectivity index is -0.00000128. The minimum absolute atomic E-state index is 0. The van der Waals surface area contributed by atoms with Gasteiger partial charge in [-0.05, 0) is 6.42 Å². The molecule has 0 bridgehead atoms. The van der Waals surface area contributed by atoms with Crippen molar-refractivity contribution >= 4 is 29.2 Å². The molecule has 0 saturated carbocycles. The summed E-state index contributed by atoms with van der Waals surface area (Å²) in [5, 5.41) is 3.07. The van der Waals surface area contributed by atoms with Crippen LogP contribution >= 0.6 is 24.8 Å². The van der Waals surface area contributed by atoms with E-state index in [2.05, 4.69) is 24.9 Å². The second-order valence-corrected chi connectivity index (χ2v) is 5.93. The van der Waals surface area contributed by atoms with Gasteiger partial charge < -0.3 is 10.8 Å². The third-order valence-electron chi connectivity index (χ3n) is 3.06. The van der Waals surface area contributed by atoms with E-state index in [-0.39, 0.29) is 26.5 Å². The Morgan fingerprint density at radius 1 is 0.842 bits per heavy atom. The Bertz CT molecular complexity index is 183. The molecule has 0 amide bonds. The molecule has 0 atom stereocenters. The van der Waals surface area contributed by atoms with Crippen LogP contribution in [0.15, 0.2) is 0 Å². The van der Waals surface area contributed by atoms with Gasteiger partial charge in [-0.15, -0.1) is 12.6 Å². The van der Waals surface area contributed by atoms with Crippen LogP contribution in [-0.2, 0) is 21.1 Å². The molecule has 0 radical (unpaired) electrons. The van der Waals surface area contributed by atoms with Gasteiger partial charge in [-0.3, -0.25) is 0 Å². The standard InChI is InChI=1S/C14H29NS2.Mo.H2O/c1-2-3-4-5-6-7-8-9-10-11-12-13-15-14(16)17;;/h2-13H2,1H3,(H2,15,16,17);;1H2. The minimum Gasteiger partial charge on any atom is -0.412 e. The Morgan fingerprint density at radius 3 is 1.58 bits per heavy atom. The maximum Gasteiger partial charge on any atom is 0.130 e. The molecule has 0 aromatic heterocycles. The summed E-state index contributed by atoms with van der Waals surface area (Å²) in [5.74, 6) is 0. The fourth-order valence-electron chi connectivity index (χ4n) is 1.98. The van der Waals surface area contributed by atoms with Crippen molar-refractivity contribution in [3.8, 4) is 0 Å². The summed E-state index contributed by atoms with van der Waals surface area (Å²) in [7, 11) is 0. The molecule has 0 aliphatic rings. The molecular formula is C14H31MoNOS2. The molecule has 116 valence electrons. The molecular weight excluding hydrogens is 358 g/mol. The average molecular weight is 389 g/mol. The van der Waals surface area contributed by atoms with Gasteiger partial charge in [-0.1, -0.05) is 83.3 Å². The number of thiocarbonyl (C=S) groups is 1. The summed E-state index contributed by atoms with van der Waals surface area (Å²) in [4.78, 5) is 0. The number of hydrogen-bond acceptors (Lipinski definition) is 1. The predicted molar refractivity (Wildman–Crippen MR) is 89.7 cm³/mol. The molecule has 19 heavy (non-hydrogen) atoms. The molecule has 3 N–H and O–H groups in total. The first-order chi connectivity index (χ1) is 8.27. The Morgan fingerprint density at radius 2 is 1.21 bits per heavy atom. The molecule has 0 aromatic rings. The Hall–Kier alpha value is 0.888. The zero-order valence-electron chi connectivity index (χ0n) is 12.2. The largest absolute Gasteiger partial charge is 0.412 e. The number of unbranched alkanes of at least 4 members (excludes halogenated alkanes) is 10. The van der Waals surface area contributed by atoms with E-state index in [0.29, 0.717) is 4.32 Å². The molecule has 0 aliphatic carbocycles. The summed E-state index contributed by atoms with van der Waals surface area (Å²) in [5.41, 5.74) is 0. The van der Waals surface area contributed by atoms with Gasteiger partial charge in [0.15, 0.2) is 0 Å². The van der Waals surface area contributed by atoms with Crippen molar-refractivity contribution in [1.82, 2.24) is 5.32 Å². The van der Waals surface area contributed by atoms with Gasteiger partial charge in [0.2, 0.25) is 0 Å². The van der Waals surface area contributed by atoms with Crippen molar-refractivity contribution in [2.45, 2.75) is 77.6 Å². The predicted octanol–water partition coefficient (Wildman–Crippen LogP) is 4.27. The van der Waals surface area contributed by atoms with Crippen LogP contribution in [0.2, 0.25) is 0 Å². The zero-order valence-corrected chi connectivity index (χ0v) is 16.0. The fourth-order valence-corrected chi connectivity index (χ4v) is 2.20. The van der Waals surface area contributed by atoms with Crippen LogP contribution in [0, 0.1) is 0 Å². The van der Waals surface area contributed by atoms with Crippen LogP contribution in [0.3, 0.4) is 0 Å². The van der Waals surface area contributed by atoms with Crippen LogP contribution in [-0.4, -0.2) is 16.3 Å². The molecule has 2 nitrogen and oxygen atoms in total. The Labute approximate surface area is 144 Å². The molecule has 5 heteroatoms. The van der Waals surface area contributed by atoms with Gasteiger partial charge in [0.1, 0.15) is 4.32 Å². The van der Waals surface area contributed by atoms with E-state index in [1.54, 1.807) is 0 Å². The molecule has 0 aliphatic heterocycles. The minimum atomic E-state index is 0. The number of nitrogens with one attached hydrogen (secondary N) is 1. The fraction of sp³-hybridized carbons (Fsp3) is 0.929. The summed E-state index contributed by atoms with van der Waals surface area (Å²) >= 11 is 8.85. The molecule has 0 spiro atoms. The first-order valence-corrected chi connectivity index (χ1v) is 8.09. The van der Waals surface area contributed by atoms with Crippen molar-refractivity contribution in [1.29, 1.82) is 0 Å². The van der Waals surface area contributed by atoms with E-state index in [4.69, 9.17) is 12.2 Å².